The van der Waals surface area contributed by atoms with E-state index in [1.165, 1.54) is 25.6 Å². The second kappa shape index (κ2) is 5.05. The van der Waals surface area contributed by atoms with Crippen LogP contribution in [0.4, 0.5) is 4.39 Å². The Balaban J connectivity index is 2.55. The molecule has 0 saturated carbocycles. The molecule has 0 fully saturated rings. The number of halogens is 1. The highest BCUT2D eigenvalue weighted by atomic mass is 32.1. The molecule has 1 aromatic carbocycles. The number of hydrogen-bond acceptors (Lipinski definition) is 4. The van der Waals surface area contributed by atoms with E-state index >= 15 is 0 Å². The Morgan fingerprint density at radius 1 is 1.39 bits per heavy atom. The lowest BCUT2D eigenvalue weighted by Gasteiger charge is -2.05. The third kappa shape index (κ3) is 2.60. The van der Waals surface area contributed by atoms with Gasteiger partial charge in [0.15, 0.2) is 0 Å². The maximum Gasteiger partial charge on any atom is 0.337 e. The lowest BCUT2D eigenvalue weighted by atomic mass is 10.1. The van der Waals surface area contributed by atoms with Crippen molar-refractivity contribution in [3.05, 3.63) is 46.6 Å². The summed E-state index contributed by atoms with van der Waals surface area (Å²) < 4.78 is 18.4. The minimum atomic E-state index is -0.594. The molecule has 0 amide bonds. The van der Waals surface area contributed by atoms with Gasteiger partial charge in [-0.2, -0.15) is 0 Å². The highest BCUT2D eigenvalue weighted by Gasteiger charge is 2.10. The van der Waals surface area contributed by atoms with E-state index in [0.29, 0.717) is 15.9 Å². The van der Waals surface area contributed by atoms with Gasteiger partial charge in [-0.3, -0.25) is 0 Å². The van der Waals surface area contributed by atoms with E-state index in [2.05, 4.69) is 14.7 Å². The second-order valence-corrected chi connectivity index (χ2v) is 3.94. The number of hydrogen-bond donors (Lipinski definition) is 1. The SMILES string of the molecule is COC(=O)c1cc(F)cc(-c2cc(=S)nc[nH]2)c1. The van der Waals surface area contributed by atoms with E-state index in [9.17, 15) is 9.18 Å². The third-order valence-electron chi connectivity index (χ3n) is 2.31. The summed E-state index contributed by atoms with van der Waals surface area (Å²) in [4.78, 5) is 18.1. The summed E-state index contributed by atoms with van der Waals surface area (Å²) in [6.45, 7) is 0. The first-order valence-electron chi connectivity index (χ1n) is 5.04. The minimum Gasteiger partial charge on any atom is -0.465 e. The van der Waals surface area contributed by atoms with Crippen molar-refractivity contribution in [1.29, 1.82) is 0 Å². The summed E-state index contributed by atoms with van der Waals surface area (Å²) in [7, 11) is 1.24. The fraction of sp³-hybridized carbons (Fsp3) is 0.0833. The number of ether oxygens (including phenoxy) is 1. The number of benzene rings is 1. The topological polar surface area (TPSA) is 55.0 Å². The first-order chi connectivity index (χ1) is 8.60. The number of nitrogens with zero attached hydrogens (tertiary/aromatic N) is 1. The predicted molar refractivity (Wildman–Crippen MR) is 66.2 cm³/mol. The molecular formula is C12H9FN2O2S. The van der Waals surface area contributed by atoms with Crippen LogP contribution < -0.4 is 0 Å². The van der Waals surface area contributed by atoms with Crippen LogP contribution in [0.25, 0.3) is 11.3 Å². The van der Waals surface area contributed by atoms with Crippen molar-refractivity contribution < 1.29 is 13.9 Å². The number of methoxy groups -OCH3 is 1. The number of carbonyl (C=O) groups excluding carboxylic acids is 1. The second-order valence-electron chi connectivity index (χ2n) is 3.52. The number of aromatic amines is 1. The fourth-order valence-corrected chi connectivity index (χ4v) is 1.69. The molecule has 2 rings (SSSR count). The van der Waals surface area contributed by atoms with Crippen molar-refractivity contribution in [2.24, 2.45) is 0 Å². The van der Waals surface area contributed by atoms with Crippen molar-refractivity contribution in [3.63, 3.8) is 0 Å². The lowest BCUT2D eigenvalue weighted by molar-refractivity contribution is 0.0600. The van der Waals surface area contributed by atoms with Crippen LogP contribution in [-0.4, -0.2) is 23.0 Å². The summed E-state index contributed by atoms with van der Waals surface area (Å²) in [6.07, 6.45) is 1.42. The average Bonchev–Trinajstić information content (AvgIpc) is 2.37. The van der Waals surface area contributed by atoms with Crippen LogP contribution in [0.15, 0.2) is 30.6 Å². The maximum absolute atomic E-state index is 13.4. The Morgan fingerprint density at radius 3 is 2.83 bits per heavy atom. The highest BCUT2D eigenvalue weighted by Crippen LogP contribution is 2.20. The van der Waals surface area contributed by atoms with Crippen molar-refractivity contribution in [2.45, 2.75) is 0 Å². The molecule has 0 bridgehead atoms. The molecule has 6 heteroatoms. The normalized spacial score (nSPS) is 10.1. The summed E-state index contributed by atoms with van der Waals surface area (Å²) in [5.74, 6) is -1.12. The van der Waals surface area contributed by atoms with E-state index in [1.54, 1.807) is 6.07 Å². The lowest BCUT2D eigenvalue weighted by Crippen LogP contribution is -2.02. The average molecular weight is 264 g/mol. The molecule has 2 aromatic rings. The van der Waals surface area contributed by atoms with E-state index in [1.807, 2.05) is 0 Å². The smallest absolute Gasteiger partial charge is 0.337 e. The molecule has 1 N–H and O–H groups in total. The quantitative estimate of drug-likeness (QED) is 0.669. The maximum atomic E-state index is 13.4. The predicted octanol–water partition coefficient (Wildman–Crippen LogP) is 2.73. The fourth-order valence-electron chi connectivity index (χ4n) is 1.52. The number of rotatable bonds is 2. The van der Waals surface area contributed by atoms with Crippen LogP contribution in [0.2, 0.25) is 0 Å². The minimum absolute atomic E-state index is 0.142. The van der Waals surface area contributed by atoms with Gasteiger partial charge >= 0.3 is 5.97 Å². The molecule has 1 heterocycles. The van der Waals surface area contributed by atoms with Crippen LogP contribution in [0, 0.1) is 10.5 Å². The van der Waals surface area contributed by atoms with Gasteiger partial charge in [-0.25, -0.2) is 14.2 Å². The molecule has 0 aliphatic carbocycles. The number of carbonyl (C=O) groups is 1. The van der Waals surface area contributed by atoms with Crippen LogP contribution >= 0.6 is 12.2 Å². The van der Waals surface area contributed by atoms with Crippen LogP contribution in [0.5, 0.6) is 0 Å². The first-order valence-corrected chi connectivity index (χ1v) is 5.45. The summed E-state index contributed by atoms with van der Waals surface area (Å²) in [5.41, 5.74) is 1.23. The van der Waals surface area contributed by atoms with Crippen LogP contribution in [0.3, 0.4) is 0 Å². The molecule has 18 heavy (non-hydrogen) atoms. The van der Waals surface area contributed by atoms with Gasteiger partial charge in [-0.15, -0.1) is 0 Å². The van der Waals surface area contributed by atoms with Crippen LogP contribution in [-0.2, 0) is 4.74 Å². The Morgan fingerprint density at radius 2 is 2.17 bits per heavy atom. The Labute approximate surface area is 107 Å². The molecule has 0 radical (unpaired) electrons. The number of nitrogens with one attached hydrogen (secondary N) is 1. The zero-order valence-corrected chi connectivity index (χ0v) is 10.3. The molecule has 0 aliphatic rings. The molecule has 4 nitrogen and oxygen atoms in total. The van der Waals surface area contributed by atoms with Gasteiger partial charge in [0, 0.05) is 11.3 Å². The van der Waals surface area contributed by atoms with Gasteiger partial charge in [-0.05, 0) is 24.3 Å². The monoisotopic (exact) mass is 264 g/mol. The zero-order valence-electron chi connectivity index (χ0n) is 9.44. The van der Waals surface area contributed by atoms with Crippen molar-refractivity contribution >= 4 is 18.2 Å². The van der Waals surface area contributed by atoms with E-state index in [-0.39, 0.29) is 5.56 Å². The van der Waals surface area contributed by atoms with Gasteiger partial charge in [0.05, 0.1) is 19.0 Å². The molecule has 0 aliphatic heterocycles. The summed E-state index contributed by atoms with van der Waals surface area (Å²) >= 11 is 4.92. The van der Waals surface area contributed by atoms with Gasteiger partial charge in [0.2, 0.25) is 0 Å². The van der Waals surface area contributed by atoms with Crippen molar-refractivity contribution in [2.75, 3.05) is 7.11 Å². The summed E-state index contributed by atoms with van der Waals surface area (Å²) in [6, 6.07) is 5.53. The first kappa shape index (κ1) is 12.4. The molecule has 92 valence electrons. The Bertz CT molecular complexity index is 655. The van der Waals surface area contributed by atoms with E-state index in [0.717, 1.165) is 6.07 Å². The van der Waals surface area contributed by atoms with E-state index < -0.39 is 11.8 Å². The molecule has 0 spiro atoms. The summed E-state index contributed by atoms with van der Waals surface area (Å²) in [5, 5.41) is 0. The van der Waals surface area contributed by atoms with Gasteiger partial charge in [0.25, 0.3) is 0 Å². The Hall–Kier alpha value is -2.08. The highest BCUT2D eigenvalue weighted by molar-refractivity contribution is 7.71. The molecule has 0 unspecified atom stereocenters. The largest absolute Gasteiger partial charge is 0.465 e. The number of H-pyrrole nitrogens is 1. The number of aromatic nitrogens is 2. The molecular weight excluding hydrogens is 255 g/mol. The number of esters is 1. The van der Waals surface area contributed by atoms with Gasteiger partial charge in [-0.1, -0.05) is 12.2 Å². The zero-order chi connectivity index (χ0) is 13.1. The van der Waals surface area contributed by atoms with Gasteiger partial charge < -0.3 is 9.72 Å². The molecule has 1 aromatic heterocycles. The Kier molecular flexibility index (Phi) is 3.47. The van der Waals surface area contributed by atoms with Crippen molar-refractivity contribution in [1.82, 2.24) is 9.97 Å². The third-order valence-corrected chi connectivity index (χ3v) is 2.53. The van der Waals surface area contributed by atoms with Crippen molar-refractivity contribution in [3.8, 4) is 11.3 Å². The standard InChI is InChI=1S/C12H9FN2O2S/c1-17-12(16)8-2-7(3-9(13)4-8)10-5-11(18)15-6-14-10/h2-6H,1H3,(H,14,15,18). The molecule has 0 atom stereocenters. The van der Waals surface area contributed by atoms with E-state index in [4.69, 9.17) is 12.2 Å². The van der Waals surface area contributed by atoms with Crippen LogP contribution in [0.1, 0.15) is 10.4 Å². The van der Waals surface area contributed by atoms with Gasteiger partial charge in [0.1, 0.15) is 10.5 Å². The molecule has 0 saturated heterocycles.